The van der Waals surface area contributed by atoms with E-state index >= 15 is 0 Å². The fraction of sp³-hybridized carbons (Fsp3) is 0.467. The zero-order chi connectivity index (χ0) is 16.8. The largest absolute Gasteiger partial charge is 0.408 e. The molecule has 3 rings (SSSR count). The number of hydrogen-bond acceptors (Lipinski definition) is 2. The predicted molar refractivity (Wildman–Crippen MR) is 73.2 cm³/mol. The smallest absolute Gasteiger partial charge is 0.344 e. The molecule has 2 atom stereocenters. The Morgan fingerprint density at radius 1 is 1.26 bits per heavy atom. The van der Waals surface area contributed by atoms with Crippen molar-refractivity contribution in [2.75, 3.05) is 11.4 Å². The van der Waals surface area contributed by atoms with Crippen LogP contribution in [0.4, 0.5) is 23.2 Å². The first-order valence-electron chi connectivity index (χ1n) is 7.25. The molecule has 2 amide bonds. The monoisotopic (exact) mass is 330 g/mol. The van der Waals surface area contributed by atoms with Gasteiger partial charge in [-0.3, -0.25) is 9.59 Å². The minimum Gasteiger partial charge on any atom is -0.344 e. The third-order valence-electron chi connectivity index (χ3n) is 4.31. The van der Waals surface area contributed by atoms with Crippen LogP contribution in [0.2, 0.25) is 0 Å². The van der Waals surface area contributed by atoms with E-state index in [4.69, 9.17) is 0 Å². The van der Waals surface area contributed by atoms with Gasteiger partial charge in [0, 0.05) is 17.8 Å². The third kappa shape index (κ3) is 2.77. The van der Waals surface area contributed by atoms with Crippen molar-refractivity contribution in [1.29, 1.82) is 0 Å². The van der Waals surface area contributed by atoms with Crippen molar-refractivity contribution in [3.05, 3.63) is 29.6 Å². The van der Waals surface area contributed by atoms with Crippen LogP contribution in [0.25, 0.3) is 0 Å². The number of hydrogen-bond donors (Lipinski definition) is 1. The summed E-state index contributed by atoms with van der Waals surface area (Å²) in [5.41, 5.74) is 0.783. The summed E-state index contributed by atoms with van der Waals surface area (Å²) in [4.78, 5) is 25.7. The molecule has 2 aliphatic rings. The highest BCUT2D eigenvalue weighted by molar-refractivity contribution is 6.09. The topological polar surface area (TPSA) is 49.4 Å². The van der Waals surface area contributed by atoms with Gasteiger partial charge in [-0.2, -0.15) is 13.2 Å². The van der Waals surface area contributed by atoms with Gasteiger partial charge >= 0.3 is 6.18 Å². The molecule has 23 heavy (non-hydrogen) atoms. The molecule has 4 nitrogen and oxygen atoms in total. The van der Waals surface area contributed by atoms with Crippen molar-refractivity contribution < 1.29 is 27.2 Å². The van der Waals surface area contributed by atoms with Gasteiger partial charge in [-0.1, -0.05) is 6.07 Å². The van der Waals surface area contributed by atoms with Gasteiger partial charge < -0.3 is 10.2 Å². The van der Waals surface area contributed by atoms with Gasteiger partial charge in [-0.15, -0.1) is 0 Å². The van der Waals surface area contributed by atoms with Crippen LogP contribution in [0.1, 0.15) is 18.4 Å². The number of anilines is 1. The lowest BCUT2D eigenvalue weighted by Gasteiger charge is -2.31. The van der Waals surface area contributed by atoms with E-state index in [1.54, 1.807) is 6.07 Å². The van der Waals surface area contributed by atoms with E-state index in [2.05, 4.69) is 0 Å². The summed E-state index contributed by atoms with van der Waals surface area (Å²) in [6.07, 6.45) is -4.70. The lowest BCUT2D eigenvalue weighted by Crippen LogP contribution is -2.55. The number of carbonyl (C=O) groups excluding carboxylic acids is 2. The summed E-state index contributed by atoms with van der Waals surface area (Å²) in [6, 6.07) is 2.40. The van der Waals surface area contributed by atoms with Crippen molar-refractivity contribution >= 4 is 17.5 Å². The number of halogens is 4. The summed E-state index contributed by atoms with van der Waals surface area (Å²) < 4.78 is 51.6. The fourth-order valence-electron chi connectivity index (χ4n) is 3.10. The first kappa shape index (κ1) is 15.8. The van der Waals surface area contributed by atoms with Gasteiger partial charge in [-0.25, -0.2) is 4.39 Å². The number of nitrogens with one attached hydrogen (secondary N) is 1. The normalized spacial score (nSPS) is 24.3. The van der Waals surface area contributed by atoms with Crippen LogP contribution in [0.15, 0.2) is 18.2 Å². The van der Waals surface area contributed by atoms with Crippen LogP contribution in [0.3, 0.4) is 0 Å². The van der Waals surface area contributed by atoms with Crippen molar-refractivity contribution in [1.82, 2.24) is 5.32 Å². The average molecular weight is 330 g/mol. The molecule has 0 unspecified atom stereocenters. The summed E-state index contributed by atoms with van der Waals surface area (Å²) in [5, 5.41) is 1.86. The molecule has 1 saturated heterocycles. The van der Waals surface area contributed by atoms with Crippen LogP contribution >= 0.6 is 0 Å². The zero-order valence-electron chi connectivity index (χ0n) is 12.0. The Labute approximate surface area is 129 Å². The Hall–Kier alpha value is -2.12. The van der Waals surface area contributed by atoms with Gasteiger partial charge in [0.05, 0.1) is 0 Å². The molecule has 1 aromatic carbocycles. The number of amides is 2. The van der Waals surface area contributed by atoms with Gasteiger partial charge in [0.2, 0.25) is 11.8 Å². The molecule has 0 radical (unpaired) electrons. The number of carbonyl (C=O) groups is 2. The molecular weight excluding hydrogens is 316 g/mol. The Morgan fingerprint density at radius 3 is 2.65 bits per heavy atom. The maximum absolute atomic E-state index is 13.7. The molecule has 2 heterocycles. The second-order valence-electron chi connectivity index (χ2n) is 5.71. The van der Waals surface area contributed by atoms with Gasteiger partial charge in [-0.05, 0) is 31.4 Å². The highest BCUT2D eigenvalue weighted by atomic mass is 19.4. The Bertz CT molecular complexity index is 659. The van der Waals surface area contributed by atoms with Crippen molar-refractivity contribution in [2.24, 2.45) is 5.92 Å². The lowest BCUT2D eigenvalue weighted by atomic mass is 9.92. The van der Waals surface area contributed by atoms with Crippen molar-refractivity contribution in [2.45, 2.75) is 31.5 Å². The van der Waals surface area contributed by atoms with Crippen LogP contribution in [0, 0.1) is 11.7 Å². The highest BCUT2D eigenvalue weighted by Gasteiger charge is 2.47. The van der Waals surface area contributed by atoms with E-state index in [-0.39, 0.29) is 19.4 Å². The van der Waals surface area contributed by atoms with Crippen molar-refractivity contribution in [3.63, 3.8) is 0 Å². The summed E-state index contributed by atoms with van der Waals surface area (Å²) in [7, 11) is 0. The minimum atomic E-state index is -4.52. The molecule has 1 fully saturated rings. The Morgan fingerprint density at radius 2 is 2.00 bits per heavy atom. The van der Waals surface area contributed by atoms with E-state index in [1.165, 1.54) is 17.0 Å². The van der Waals surface area contributed by atoms with Gasteiger partial charge in [0.25, 0.3) is 0 Å². The molecule has 2 aliphatic heterocycles. The van der Waals surface area contributed by atoms with Gasteiger partial charge in [0.15, 0.2) is 0 Å². The second-order valence-corrected chi connectivity index (χ2v) is 5.71. The first-order valence-corrected chi connectivity index (χ1v) is 7.25. The van der Waals surface area contributed by atoms with E-state index < -0.39 is 35.8 Å². The van der Waals surface area contributed by atoms with E-state index in [0.717, 1.165) is 0 Å². The SMILES string of the molecule is O=C1N[C@H](C(F)(F)F)CC[C@H]1C(=O)N1CCc2c(F)cccc21. The van der Waals surface area contributed by atoms with Crippen LogP contribution in [0.5, 0.6) is 0 Å². The number of benzene rings is 1. The fourth-order valence-corrected chi connectivity index (χ4v) is 3.10. The number of piperidine rings is 1. The standard InChI is InChI=1S/C15H14F4N2O2/c16-10-2-1-3-11-8(10)6-7-21(11)14(23)9-4-5-12(15(17,18)19)20-13(9)22/h1-3,9,12H,4-7H2,(H,20,22)/t9-,12+/m1/s1. The summed E-state index contributed by atoms with van der Waals surface area (Å²) in [5.74, 6) is -3.09. The Balaban J connectivity index is 1.76. The third-order valence-corrected chi connectivity index (χ3v) is 4.31. The molecule has 0 aliphatic carbocycles. The molecule has 1 N–H and O–H groups in total. The number of fused-ring (bicyclic) bond motifs is 1. The first-order chi connectivity index (χ1) is 10.8. The maximum Gasteiger partial charge on any atom is 0.408 e. The van der Waals surface area contributed by atoms with E-state index in [0.29, 0.717) is 17.7 Å². The summed E-state index contributed by atoms with van der Waals surface area (Å²) in [6.45, 7) is 0.224. The average Bonchev–Trinajstić information content (AvgIpc) is 2.91. The molecule has 0 aromatic heterocycles. The summed E-state index contributed by atoms with van der Waals surface area (Å²) >= 11 is 0. The van der Waals surface area contributed by atoms with E-state index in [1.807, 2.05) is 5.32 Å². The van der Waals surface area contributed by atoms with Gasteiger partial charge in [0.1, 0.15) is 17.8 Å². The Kier molecular flexibility index (Phi) is 3.77. The molecule has 0 spiro atoms. The second kappa shape index (κ2) is 5.50. The molecule has 0 bridgehead atoms. The van der Waals surface area contributed by atoms with Crippen LogP contribution in [-0.4, -0.2) is 30.6 Å². The molecule has 124 valence electrons. The maximum atomic E-state index is 13.7. The minimum absolute atomic E-state index is 0.171. The number of nitrogens with zero attached hydrogens (tertiary/aromatic N) is 1. The molecule has 0 saturated carbocycles. The quantitative estimate of drug-likeness (QED) is 0.634. The number of rotatable bonds is 1. The van der Waals surface area contributed by atoms with Crippen molar-refractivity contribution in [3.8, 4) is 0 Å². The molecule has 8 heteroatoms. The lowest BCUT2D eigenvalue weighted by molar-refractivity contribution is -0.171. The molecule has 1 aromatic rings. The van der Waals surface area contributed by atoms with Crippen LogP contribution < -0.4 is 10.2 Å². The van der Waals surface area contributed by atoms with E-state index in [9.17, 15) is 27.2 Å². The predicted octanol–water partition coefficient (Wildman–Crippen LogP) is 2.17. The number of alkyl halides is 3. The highest BCUT2D eigenvalue weighted by Crippen LogP contribution is 2.34. The van der Waals surface area contributed by atoms with Crippen LogP contribution in [-0.2, 0) is 16.0 Å². The zero-order valence-corrected chi connectivity index (χ0v) is 12.0. The molecular formula is C15H14F4N2O2.